The Hall–Kier alpha value is -2.57. The molecule has 2 heterocycles. The van der Waals surface area contributed by atoms with Crippen molar-refractivity contribution in [3.05, 3.63) is 24.3 Å². The molecule has 1 aliphatic heterocycles. The van der Waals surface area contributed by atoms with Crippen LogP contribution < -0.4 is 10.1 Å². The summed E-state index contributed by atoms with van der Waals surface area (Å²) in [5.74, 6) is 1.51. The maximum atomic E-state index is 12.4. The lowest BCUT2D eigenvalue weighted by atomic mass is 9.99. The fourth-order valence-electron chi connectivity index (χ4n) is 3.49. The molecule has 1 aromatic heterocycles. The molecule has 7 nitrogen and oxygen atoms in total. The number of fused-ring (bicyclic) bond motifs is 1. The monoisotopic (exact) mass is 398 g/mol. The van der Waals surface area contributed by atoms with Gasteiger partial charge in [-0.2, -0.15) is 0 Å². The summed E-state index contributed by atoms with van der Waals surface area (Å²) in [7, 11) is 0. The lowest BCUT2D eigenvalue weighted by Crippen LogP contribution is -2.44. The molecule has 1 aliphatic carbocycles. The van der Waals surface area contributed by atoms with Gasteiger partial charge >= 0.3 is 6.09 Å². The molecule has 2 aromatic rings. The summed E-state index contributed by atoms with van der Waals surface area (Å²) in [6.45, 7) is 7.55. The number of nitrogens with zero attached hydrogens (tertiary/aromatic N) is 3. The van der Waals surface area contributed by atoms with Crippen LogP contribution in [0.3, 0.4) is 0 Å². The van der Waals surface area contributed by atoms with Gasteiger partial charge in [0.1, 0.15) is 5.60 Å². The molecular formula is C22H30N4O3. The van der Waals surface area contributed by atoms with E-state index < -0.39 is 5.60 Å². The van der Waals surface area contributed by atoms with Crippen LogP contribution in [-0.2, 0) is 4.74 Å². The second-order valence-corrected chi connectivity index (χ2v) is 9.03. The third-order valence-corrected chi connectivity index (χ3v) is 5.08. The number of ether oxygens (including phenoxy) is 2. The molecule has 1 atom stereocenters. The predicted octanol–water partition coefficient (Wildman–Crippen LogP) is 4.23. The molecule has 1 aromatic carbocycles. The smallest absolute Gasteiger partial charge is 0.410 e. The van der Waals surface area contributed by atoms with Crippen molar-refractivity contribution in [1.82, 2.24) is 14.9 Å². The van der Waals surface area contributed by atoms with Crippen molar-refractivity contribution in [2.45, 2.75) is 58.1 Å². The number of benzene rings is 1. The molecule has 2 aliphatic rings. The van der Waals surface area contributed by atoms with E-state index >= 15 is 0 Å². The minimum atomic E-state index is -0.482. The van der Waals surface area contributed by atoms with Gasteiger partial charge in [0.05, 0.1) is 17.6 Å². The highest BCUT2D eigenvalue weighted by molar-refractivity contribution is 5.77. The Balaban J connectivity index is 1.42. The van der Waals surface area contributed by atoms with Crippen LogP contribution in [0.5, 0.6) is 5.88 Å². The van der Waals surface area contributed by atoms with Gasteiger partial charge in [-0.05, 0) is 58.6 Å². The van der Waals surface area contributed by atoms with E-state index in [1.807, 2.05) is 45.0 Å². The number of carbonyl (C=O) groups is 1. The zero-order chi connectivity index (χ0) is 20.4. The van der Waals surface area contributed by atoms with Gasteiger partial charge < -0.3 is 19.7 Å². The van der Waals surface area contributed by atoms with Crippen molar-refractivity contribution < 1.29 is 14.3 Å². The van der Waals surface area contributed by atoms with Crippen LogP contribution in [0.2, 0.25) is 0 Å². The highest BCUT2D eigenvalue weighted by atomic mass is 16.6. The minimum absolute atomic E-state index is 0.246. The quantitative estimate of drug-likeness (QED) is 0.812. The molecule has 2 fully saturated rings. The number of rotatable bonds is 5. The number of hydrogen-bond donors (Lipinski definition) is 1. The highest BCUT2D eigenvalue weighted by Gasteiger charge is 2.29. The minimum Gasteiger partial charge on any atom is -0.475 e. The van der Waals surface area contributed by atoms with Gasteiger partial charge in [0, 0.05) is 25.0 Å². The highest BCUT2D eigenvalue weighted by Crippen LogP contribution is 2.30. The van der Waals surface area contributed by atoms with Gasteiger partial charge in [0.25, 0.3) is 5.88 Å². The maximum absolute atomic E-state index is 12.4. The standard InChI is InChI=1S/C22H30N4O3/c1-22(2,3)29-21(27)26-12-6-7-15(13-26)14-28-20-19(23-16-10-11-16)24-17-8-4-5-9-18(17)25-20/h4-5,8-9,15-16H,6-7,10-14H2,1-3H3,(H,23,24). The third-order valence-electron chi connectivity index (χ3n) is 5.08. The lowest BCUT2D eigenvalue weighted by Gasteiger charge is -2.34. The van der Waals surface area contributed by atoms with Gasteiger partial charge in [-0.3, -0.25) is 0 Å². The van der Waals surface area contributed by atoms with Gasteiger partial charge in [-0.25, -0.2) is 14.8 Å². The van der Waals surface area contributed by atoms with E-state index in [4.69, 9.17) is 19.4 Å². The normalized spacial score (nSPS) is 19.8. The molecule has 29 heavy (non-hydrogen) atoms. The number of likely N-dealkylation sites (tertiary alicyclic amines) is 1. The average molecular weight is 399 g/mol. The van der Waals surface area contributed by atoms with E-state index in [0.29, 0.717) is 30.9 Å². The van der Waals surface area contributed by atoms with Crippen LogP contribution in [0.1, 0.15) is 46.5 Å². The lowest BCUT2D eigenvalue weighted by molar-refractivity contribution is 0.0138. The first-order chi connectivity index (χ1) is 13.9. The van der Waals surface area contributed by atoms with E-state index in [1.54, 1.807) is 4.90 Å². The third kappa shape index (κ3) is 5.28. The predicted molar refractivity (Wildman–Crippen MR) is 112 cm³/mol. The molecule has 156 valence electrons. The molecule has 1 unspecified atom stereocenters. The summed E-state index contributed by atoms with van der Waals surface area (Å²) < 4.78 is 11.6. The van der Waals surface area contributed by atoms with Crippen molar-refractivity contribution in [2.75, 3.05) is 25.0 Å². The number of hydrogen-bond acceptors (Lipinski definition) is 6. The number of para-hydroxylation sites is 2. The van der Waals surface area contributed by atoms with Crippen LogP contribution in [0.25, 0.3) is 11.0 Å². The Kier molecular flexibility index (Phi) is 5.48. The number of piperidine rings is 1. The molecule has 1 saturated heterocycles. The second-order valence-electron chi connectivity index (χ2n) is 9.03. The van der Waals surface area contributed by atoms with Crippen LogP contribution in [0, 0.1) is 5.92 Å². The van der Waals surface area contributed by atoms with Crippen molar-refractivity contribution in [3.63, 3.8) is 0 Å². The van der Waals surface area contributed by atoms with Crippen LogP contribution in [0.4, 0.5) is 10.6 Å². The van der Waals surface area contributed by atoms with E-state index in [1.165, 1.54) is 0 Å². The van der Waals surface area contributed by atoms with E-state index in [2.05, 4.69) is 5.32 Å². The summed E-state index contributed by atoms with van der Waals surface area (Å²) in [5, 5.41) is 3.43. The Morgan fingerprint density at radius 3 is 2.59 bits per heavy atom. The zero-order valence-electron chi connectivity index (χ0n) is 17.5. The Morgan fingerprint density at radius 2 is 1.90 bits per heavy atom. The molecule has 0 spiro atoms. The zero-order valence-corrected chi connectivity index (χ0v) is 17.5. The van der Waals surface area contributed by atoms with E-state index in [9.17, 15) is 4.79 Å². The molecule has 4 rings (SSSR count). The number of anilines is 1. The first-order valence-corrected chi connectivity index (χ1v) is 10.5. The fourth-order valence-corrected chi connectivity index (χ4v) is 3.49. The number of aromatic nitrogens is 2. The number of amides is 1. The molecule has 0 radical (unpaired) electrons. The van der Waals surface area contributed by atoms with Crippen molar-refractivity contribution >= 4 is 22.9 Å². The molecule has 0 bridgehead atoms. The van der Waals surface area contributed by atoms with Crippen LogP contribution >= 0.6 is 0 Å². The SMILES string of the molecule is CC(C)(C)OC(=O)N1CCCC(COc2nc3ccccc3nc2NC2CC2)C1. The van der Waals surface area contributed by atoms with Crippen molar-refractivity contribution in [1.29, 1.82) is 0 Å². The largest absolute Gasteiger partial charge is 0.475 e. The first-order valence-electron chi connectivity index (χ1n) is 10.5. The Labute approximate surface area is 171 Å². The molecule has 1 amide bonds. The summed E-state index contributed by atoms with van der Waals surface area (Å²) >= 11 is 0. The Morgan fingerprint density at radius 1 is 1.17 bits per heavy atom. The maximum Gasteiger partial charge on any atom is 0.410 e. The van der Waals surface area contributed by atoms with Gasteiger partial charge in [-0.15, -0.1) is 0 Å². The van der Waals surface area contributed by atoms with E-state index in [0.717, 1.165) is 43.3 Å². The second kappa shape index (κ2) is 8.05. The van der Waals surface area contributed by atoms with Crippen LogP contribution in [-0.4, -0.2) is 52.3 Å². The summed E-state index contributed by atoms with van der Waals surface area (Å²) in [6.07, 6.45) is 4.03. The summed E-state index contributed by atoms with van der Waals surface area (Å²) in [6, 6.07) is 8.29. The van der Waals surface area contributed by atoms with Crippen molar-refractivity contribution in [3.8, 4) is 5.88 Å². The molecule has 1 saturated carbocycles. The fraction of sp³-hybridized carbons (Fsp3) is 0.591. The molecular weight excluding hydrogens is 368 g/mol. The molecule has 7 heteroatoms. The summed E-state index contributed by atoms with van der Waals surface area (Å²) in [5.41, 5.74) is 1.20. The number of nitrogens with one attached hydrogen (secondary N) is 1. The van der Waals surface area contributed by atoms with Gasteiger partial charge in [-0.1, -0.05) is 12.1 Å². The van der Waals surface area contributed by atoms with Crippen LogP contribution in [0.15, 0.2) is 24.3 Å². The summed E-state index contributed by atoms with van der Waals surface area (Å²) in [4.78, 5) is 23.6. The van der Waals surface area contributed by atoms with Gasteiger partial charge in [0.15, 0.2) is 5.82 Å². The number of carbonyl (C=O) groups excluding carboxylic acids is 1. The molecule has 1 N–H and O–H groups in total. The topological polar surface area (TPSA) is 76.6 Å². The average Bonchev–Trinajstić information content (AvgIpc) is 3.49. The Bertz CT molecular complexity index is 876. The van der Waals surface area contributed by atoms with E-state index in [-0.39, 0.29) is 12.0 Å². The van der Waals surface area contributed by atoms with Crippen molar-refractivity contribution in [2.24, 2.45) is 5.92 Å². The first kappa shape index (κ1) is 19.7. The van der Waals surface area contributed by atoms with Gasteiger partial charge in [0.2, 0.25) is 0 Å².